The van der Waals surface area contributed by atoms with Gasteiger partial charge >= 0.3 is 0 Å². The summed E-state index contributed by atoms with van der Waals surface area (Å²) in [5, 5.41) is 18.4. The molecule has 4 nitrogen and oxygen atoms in total. The van der Waals surface area contributed by atoms with Crippen LogP contribution in [0.4, 0.5) is 0 Å². The molecule has 18 heavy (non-hydrogen) atoms. The van der Waals surface area contributed by atoms with Gasteiger partial charge in [-0.25, -0.2) is 0 Å². The van der Waals surface area contributed by atoms with E-state index < -0.39 is 6.10 Å². The highest BCUT2D eigenvalue weighted by Gasteiger charge is 2.10. The van der Waals surface area contributed by atoms with Gasteiger partial charge in [-0.05, 0) is 24.7 Å². The van der Waals surface area contributed by atoms with E-state index in [1.54, 1.807) is 19.2 Å². The molecule has 0 aliphatic carbocycles. The summed E-state index contributed by atoms with van der Waals surface area (Å²) in [4.78, 5) is 2.01. The molecule has 0 fully saturated rings. The average Bonchev–Trinajstić information content (AvgIpc) is 2.31. The summed E-state index contributed by atoms with van der Waals surface area (Å²) >= 11 is 3.45. The standard InChI is InChI=1S/C13H17BrN2O2/c1-16(8-12(17)9-18-2)7-11-4-3-10(6-15)5-13(11)14/h3-5,12,17H,7-9H2,1-2H3/t12-/m0/s1. The first-order valence-electron chi connectivity index (χ1n) is 5.61. The maximum atomic E-state index is 9.63. The Balaban J connectivity index is 2.59. The van der Waals surface area contributed by atoms with Crippen molar-refractivity contribution in [3.05, 3.63) is 33.8 Å². The molecule has 5 heteroatoms. The van der Waals surface area contributed by atoms with Crippen LogP contribution in [0.5, 0.6) is 0 Å². The molecule has 0 saturated heterocycles. The zero-order valence-electron chi connectivity index (χ0n) is 10.6. The Hall–Kier alpha value is -0.930. The summed E-state index contributed by atoms with van der Waals surface area (Å²) in [6.45, 7) is 1.58. The lowest BCUT2D eigenvalue weighted by Crippen LogP contribution is -2.31. The fourth-order valence-corrected chi connectivity index (χ4v) is 2.21. The van der Waals surface area contributed by atoms with E-state index >= 15 is 0 Å². The topological polar surface area (TPSA) is 56.5 Å². The molecule has 1 atom stereocenters. The number of aliphatic hydroxyl groups is 1. The Morgan fingerprint density at radius 2 is 2.28 bits per heavy atom. The van der Waals surface area contributed by atoms with Crippen LogP contribution in [0.1, 0.15) is 11.1 Å². The lowest BCUT2D eigenvalue weighted by atomic mass is 10.1. The quantitative estimate of drug-likeness (QED) is 0.869. The fraction of sp³-hybridized carbons (Fsp3) is 0.462. The fourth-order valence-electron chi connectivity index (χ4n) is 1.71. The number of rotatable bonds is 6. The highest BCUT2D eigenvalue weighted by Crippen LogP contribution is 2.19. The van der Waals surface area contributed by atoms with Gasteiger partial charge in [0, 0.05) is 24.7 Å². The number of benzene rings is 1. The lowest BCUT2D eigenvalue weighted by Gasteiger charge is -2.20. The zero-order valence-corrected chi connectivity index (χ0v) is 12.1. The van der Waals surface area contributed by atoms with E-state index in [0.717, 1.165) is 10.0 Å². The predicted octanol–water partition coefficient (Wildman–Crippen LogP) is 1.76. The smallest absolute Gasteiger partial charge is 0.0992 e. The van der Waals surface area contributed by atoms with Gasteiger partial charge in [-0.15, -0.1) is 0 Å². The molecule has 1 N–H and O–H groups in total. The number of ether oxygens (including phenoxy) is 1. The summed E-state index contributed by atoms with van der Waals surface area (Å²) in [6, 6.07) is 7.61. The Kier molecular flexibility index (Phi) is 6.30. The Morgan fingerprint density at radius 3 is 2.83 bits per heavy atom. The predicted molar refractivity (Wildman–Crippen MR) is 73.1 cm³/mol. The molecule has 0 bridgehead atoms. The van der Waals surface area contributed by atoms with Gasteiger partial charge < -0.3 is 9.84 Å². The molecule has 0 radical (unpaired) electrons. The van der Waals surface area contributed by atoms with Crippen molar-refractivity contribution in [2.45, 2.75) is 12.6 Å². The molecule has 0 unspecified atom stereocenters. The van der Waals surface area contributed by atoms with E-state index in [0.29, 0.717) is 25.3 Å². The molecular weight excluding hydrogens is 296 g/mol. The van der Waals surface area contributed by atoms with Crippen molar-refractivity contribution in [3.8, 4) is 6.07 Å². The second kappa shape index (κ2) is 7.49. The van der Waals surface area contributed by atoms with E-state index in [4.69, 9.17) is 10.00 Å². The number of likely N-dealkylation sites (N-methyl/N-ethyl adjacent to an activating group) is 1. The normalized spacial score (nSPS) is 12.4. The third-order valence-corrected chi connectivity index (χ3v) is 3.24. The van der Waals surface area contributed by atoms with Crippen molar-refractivity contribution in [1.29, 1.82) is 5.26 Å². The molecule has 0 spiro atoms. The second-order valence-electron chi connectivity index (χ2n) is 4.22. The minimum Gasteiger partial charge on any atom is -0.389 e. The van der Waals surface area contributed by atoms with Gasteiger partial charge in [0.05, 0.1) is 24.3 Å². The van der Waals surface area contributed by atoms with Gasteiger partial charge in [-0.1, -0.05) is 22.0 Å². The number of hydrogen-bond donors (Lipinski definition) is 1. The summed E-state index contributed by atoms with van der Waals surface area (Å²) in [5.41, 5.74) is 1.72. The monoisotopic (exact) mass is 312 g/mol. The average molecular weight is 313 g/mol. The Labute approximate surface area is 116 Å². The molecule has 0 aliphatic heterocycles. The van der Waals surface area contributed by atoms with Crippen molar-refractivity contribution in [2.24, 2.45) is 0 Å². The molecule has 0 amide bonds. The summed E-state index contributed by atoms with van der Waals surface area (Å²) in [5.74, 6) is 0. The van der Waals surface area contributed by atoms with Gasteiger partial charge in [0.25, 0.3) is 0 Å². The molecule has 0 heterocycles. The van der Waals surface area contributed by atoms with Crippen LogP contribution < -0.4 is 0 Å². The number of nitrogens with zero attached hydrogens (tertiary/aromatic N) is 2. The van der Waals surface area contributed by atoms with Crippen molar-refractivity contribution in [2.75, 3.05) is 27.3 Å². The van der Waals surface area contributed by atoms with Gasteiger partial charge in [-0.2, -0.15) is 5.26 Å². The first-order valence-corrected chi connectivity index (χ1v) is 6.40. The van der Waals surface area contributed by atoms with Crippen LogP contribution in [0.25, 0.3) is 0 Å². The third kappa shape index (κ3) is 4.75. The number of hydrogen-bond acceptors (Lipinski definition) is 4. The summed E-state index contributed by atoms with van der Waals surface area (Å²) < 4.78 is 5.80. The van der Waals surface area contributed by atoms with E-state index in [2.05, 4.69) is 22.0 Å². The molecule has 1 aromatic rings. The number of methoxy groups -OCH3 is 1. The minimum atomic E-state index is -0.489. The summed E-state index contributed by atoms with van der Waals surface area (Å²) in [6.07, 6.45) is -0.489. The van der Waals surface area contributed by atoms with Crippen LogP contribution in [0.2, 0.25) is 0 Å². The molecule has 1 rings (SSSR count). The van der Waals surface area contributed by atoms with Crippen LogP contribution in [0, 0.1) is 11.3 Å². The van der Waals surface area contributed by atoms with Crippen LogP contribution in [0.3, 0.4) is 0 Å². The number of aliphatic hydroxyl groups excluding tert-OH is 1. The highest BCUT2D eigenvalue weighted by atomic mass is 79.9. The first-order chi connectivity index (χ1) is 8.56. The van der Waals surface area contributed by atoms with E-state index in [9.17, 15) is 5.11 Å². The molecular formula is C13H17BrN2O2. The zero-order chi connectivity index (χ0) is 13.5. The van der Waals surface area contributed by atoms with Crippen molar-refractivity contribution in [3.63, 3.8) is 0 Å². The van der Waals surface area contributed by atoms with Gasteiger partial charge in [0.15, 0.2) is 0 Å². The Bertz CT molecular complexity index is 431. The second-order valence-corrected chi connectivity index (χ2v) is 5.08. The maximum Gasteiger partial charge on any atom is 0.0992 e. The van der Waals surface area contributed by atoms with Gasteiger partial charge in [0.1, 0.15) is 0 Å². The van der Waals surface area contributed by atoms with Gasteiger partial charge in [0.2, 0.25) is 0 Å². The molecule has 0 aliphatic rings. The number of halogens is 1. The van der Waals surface area contributed by atoms with Crippen molar-refractivity contribution >= 4 is 15.9 Å². The highest BCUT2D eigenvalue weighted by molar-refractivity contribution is 9.10. The first kappa shape index (κ1) is 15.1. The maximum absolute atomic E-state index is 9.63. The van der Waals surface area contributed by atoms with Crippen LogP contribution in [0.15, 0.2) is 22.7 Å². The molecule has 0 aromatic heterocycles. The molecule has 0 saturated carbocycles. The van der Waals surface area contributed by atoms with Crippen LogP contribution in [-0.2, 0) is 11.3 Å². The van der Waals surface area contributed by atoms with E-state index in [1.807, 2.05) is 18.0 Å². The van der Waals surface area contributed by atoms with Crippen LogP contribution >= 0.6 is 15.9 Å². The summed E-state index contributed by atoms with van der Waals surface area (Å²) in [7, 11) is 3.50. The van der Waals surface area contributed by atoms with Crippen LogP contribution in [-0.4, -0.2) is 43.4 Å². The third-order valence-electron chi connectivity index (χ3n) is 2.50. The van der Waals surface area contributed by atoms with Crippen molar-refractivity contribution in [1.82, 2.24) is 4.90 Å². The minimum absolute atomic E-state index is 0.332. The van der Waals surface area contributed by atoms with Gasteiger partial charge in [-0.3, -0.25) is 4.90 Å². The Morgan fingerprint density at radius 1 is 1.56 bits per heavy atom. The molecule has 1 aromatic carbocycles. The van der Waals surface area contributed by atoms with E-state index in [-0.39, 0.29) is 0 Å². The van der Waals surface area contributed by atoms with Crippen molar-refractivity contribution < 1.29 is 9.84 Å². The van der Waals surface area contributed by atoms with E-state index in [1.165, 1.54) is 0 Å². The SMILES string of the molecule is COC[C@@H](O)CN(C)Cc1ccc(C#N)cc1Br. The largest absolute Gasteiger partial charge is 0.389 e. The lowest BCUT2D eigenvalue weighted by molar-refractivity contribution is 0.0418. The number of nitriles is 1. The molecule has 98 valence electrons.